The predicted molar refractivity (Wildman–Crippen MR) is 50.8 cm³/mol. The Morgan fingerprint density at radius 1 is 1.64 bits per heavy atom. The maximum absolute atomic E-state index is 11.3. The van der Waals surface area contributed by atoms with Gasteiger partial charge >= 0.3 is 5.97 Å². The largest absolute Gasteiger partial charge is 0.464 e. The van der Waals surface area contributed by atoms with Crippen LogP contribution in [0.4, 0.5) is 0 Å². The van der Waals surface area contributed by atoms with Crippen LogP contribution >= 0.6 is 0 Å². The van der Waals surface area contributed by atoms with Gasteiger partial charge in [0.15, 0.2) is 0 Å². The van der Waals surface area contributed by atoms with Crippen LogP contribution in [0.5, 0.6) is 0 Å². The lowest BCUT2D eigenvalue weighted by molar-refractivity contribution is -0.144. The average Bonchev–Trinajstić information content (AvgIpc) is 2.49. The lowest BCUT2D eigenvalue weighted by Crippen LogP contribution is -2.51. The highest BCUT2D eigenvalue weighted by atomic mass is 16.5. The summed E-state index contributed by atoms with van der Waals surface area (Å²) in [5.74, 6) is -0.122. The molecule has 0 bridgehead atoms. The van der Waals surface area contributed by atoms with Gasteiger partial charge in [-0.25, -0.2) is 0 Å². The Hall–Kier alpha value is -0.610. The molecular weight excluding hydrogens is 182 g/mol. The zero-order valence-corrected chi connectivity index (χ0v) is 8.53. The molecule has 80 valence electrons. The minimum Gasteiger partial charge on any atom is -0.464 e. The third kappa shape index (κ3) is 1.91. The molecule has 4 nitrogen and oxygen atoms in total. The second-order valence-electron chi connectivity index (χ2n) is 4.54. The second kappa shape index (κ2) is 3.51. The molecule has 14 heavy (non-hydrogen) atoms. The fourth-order valence-electron chi connectivity index (χ4n) is 2.34. The van der Waals surface area contributed by atoms with Crippen LogP contribution in [-0.4, -0.2) is 47.3 Å². The van der Waals surface area contributed by atoms with Crippen molar-refractivity contribution < 1.29 is 14.6 Å². The molecule has 0 amide bonds. The van der Waals surface area contributed by atoms with Gasteiger partial charge in [-0.15, -0.1) is 0 Å². The van der Waals surface area contributed by atoms with Crippen LogP contribution in [-0.2, 0) is 9.53 Å². The Morgan fingerprint density at radius 2 is 2.43 bits per heavy atom. The summed E-state index contributed by atoms with van der Waals surface area (Å²) in [7, 11) is 0. The summed E-state index contributed by atoms with van der Waals surface area (Å²) in [6.07, 6.45) is 2.55. The van der Waals surface area contributed by atoms with E-state index in [-0.39, 0.29) is 12.0 Å². The first kappa shape index (κ1) is 9.93. The van der Waals surface area contributed by atoms with Crippen LogP contribution in [0.3, 0.4) is 0 Å². The van der Waals surface area contributed by atoms with Crippen LogP contribution in [0.25, 0.3) is 0 Å². The van der Waals surface area contributed by atoms with Gasteiger partial charge in [-0.2, -0.15) is 0 Å². The summed E-state index contributed by atoms with van der Waals surface area (Å²) in [4.78, 5) is 13.4. The van der Waals surface area contributed by atoms with Gasteiger partial charge in [0.2, 0.25) is 0 Å². The van der Waals surface area contributed by atoms with E-state index in [2.05, 4.69) is 4.90 Å². The number of aliphatic hydroxyl groups is 1. The number of cyclic esters (lactones) is 1. The van der Waals surface area contributed by atoms with Gasteiger partial charge in [-0.3, -0.25) is 9.69 Å². The van der Waals surface area contributed by atoms with Gasteiger partial charge in [-0.05, 0) is 26.3 Å². The summed E-state index contributed by atoms with van der Waals surface area (Å²) < 4.78 is 4.92. The molecule has 0 aromatic carbocycles. The Bertz CT molecular complexity index is 240. The molecule has 2 atom stereocenters. The first-order valence-electron chi connectivity index (χ1n) is 5.22. The first-order chi connectivity index (χ1) is 6.58. The predicted octanol–water partition coefficient (Wildman–Crippen LogP) is 0.149. The van der Waals surface area contributed by atoms with E-state index in [4.69, 9.17) is 4.74 Å². The van der Waals surface area contributed by atoms with Gasteiger partial charge in [-0.1, -0.05) is 0 Å². The maximum atomic E-state index is 11.3. The number of β-amino-alcohol motifs (C(OH)–C–C–N with tert-alkyl or cyclic N) is 1. The lowest BCUT2D eigenvalue weighted by atomic mass is 9.94. The number of hydrogen-bond acceptors (Lipinski definition) is 4. The van der Waals surface area contributed by atoms with Gasteiger partial charge in [0.1, 0.15) is 6.04 Å². The van der Waals surface area contributed by atoms with Gasteiger partial charge < -0.3 is 9.84 Å². The Kier molecular flexibility index (Phi) is 2.49. The molecule has 0 aromatic heterocycles. The lowest BCUT2D eigenvalue weighted by Gasteiger charge is -2.38. The summed E-state index contributed by atoms with van der Waals surface area (Å²) in [6, 6.07) is -0.109. The Balaban J connectivity index is 2.00. The quantitative estimate of drug-likeness (QED) is 0.611. The number of hydrogen-bond donors (Lipinski definition) is 1. The molecule has 0 spiro atoms. The molecular formula is C10H17NO3. The maximum Gasteiger partial charge on any atom is 0.323 e. The standard InChI is InChI=1S/C10H17NO3/c1-10(13)4-2-5-11(7-10)8-3-6-14-9(8)12/h8,13H,2-7H2,1H3. The van der Waals surface area contributed by atoms with Crippen LogP contribution in [0.2, 0.25) is 0 Å². The summed E-state index contributed by atoms with van der Waals surface area (Å²) in [6.45, 7) is 3.85. The normalized spacial score (nSPS) is 39.9. The van der Waals surface area contributed by atoms with E-state index in [1.165, 1.54) is 0 Å². The highest BCUT2D eigenvalue weighted by Crippen LogP contribution is 2.25. The van der Waals surface area contributed by atoms with Crippen LogP contribution in [0, 0.1) is 0 Å². The van der Waals surface area contributed by atoms with Crippen molar-refractivity contribution in [3.8, 4) is 0 Å². The topological polar surface area (TPSA) is 49.8 Å². The molecule has 2 unspecified atom stereocenters. The SMILES string of the molecule is CC1(O)CCCN(C2CCOC2=O)C1. The van der Waals surface area contributed by atoms with Crippen molar-refractivity contribution in [3.63, 3.8) is 0 Å². The third-order valence-electron chi connectivity index (χ3n) is 3.05. The molecule has 2 aliphatic rings. The molecule has 1 N–H and O–H groups in total. The number of carbonyl (C=O) groups excluding carboxylic acids is 1. The number of ether oxygens (including phenoxy) is 1. The molecule has 2 heterocycles. The average molecular weight is 199 g/mol. The molecule has 2 saturated heterocycles. The number of piperidine rings is 1. The van der Waals surface area contributed by atoms with Crippen molar-refractivity contribution in [2.75, 3.05) is 19.7 Å². The van der Waals surface area contributed by atoms with Crippen molar-refractivity contribution in [2.45, 2.75) is 37.8 Å². The zero-order chi connectivity index (χ0) is 10.2. The molecule has 2 rings (SSSR count). The Labute approximate surface area is 83.8 Å². The van der Waals surface area contributed by atoms with Crippen molar-refractivity contribution in [1.82, 2.24) is 4.90 Å². The highest BCUT2D eigenvalue weighted by Gasteiger charge is 2.38. The van der Waals surface area contributed by atoms with Crippen molar-refractivity contribution in [3.05, 3.63) is 0 Å². The van der Waals surface area contributed by atoms with E-state index in [9.17, 15) is 9.90 Å². The van der Waals surface area contributed by atoms with E-state index >= 15 is 0 Å². The molecule has 0 saturated carbocycles. The number of carbonyl (C=O) groups is 1. The highest BCUT2D eigenvalue weighted by molar-refractivity contribution is 5.77. The monoisotopic (exact) mass is 199 g/mol. The van der Waals surface area contributed by atoms with Crippen LogP contribution < -0.4 is 0 Å². The van der Waals surface area contributed by atoms with E-state index in [1.807, 2.05) is 6.92 Å². The molecule has 0 radical (unpaired) electrons. The van der Waals surface area contributed by atoms with E-state index in [0.717, 1.165) is 25.8 Å². The fraction of sp³-hybridized carbons (Fsp3) is 0.900. The summed E-state index contributed by atoms with van der Waals surface area (Å²) in [5, 5.41) is 9.90. The molecule has 0 aliphatic carbocycles. The number of likely N-dealkylation sites (tertiary alicyclic amines) is 1. The minimum atomic E-state index is -0.638. The zero-order valence-electron chi connectivity index (χ0n) is 8.53. The molecule has 2 aliphatic heterocycles. The fourth-order valence-corrected chi connectivity index (χ4v) is 2.34. The van der Waals surface area contributed by atoms with Crippen LogP contribution in [0.1, 0.15) is 26.2 Å². The Morgan fingerprint density at radius 3 is 3.00 bits per heavy atom. The van der Waals surface area contributed by atoms with Crippen LogP contribution in [0.15, 0.2) is 0 Å². The minimum absolute atomic E-state index is 0.109. The summed E-state index contributed by atoms with van der Waals surface area (Å²) in [5.41, 5.74) is -0.638. The second-order valence-corrected chi connectivity index (χ2v) is 4.54. The first-order valence-corrected chi connectivity index (χ1v) is 5.22. The third-order valence-corrected chi connectivity index (χ3v) is 3.05. The number of esters is 1. The summed E-state index contributed by atoms with van der Waals surface area (Å²) >= 11 is 0. The van der Waals surface area contributed by atoms with Crippen molar-refractivity contribution >= 4 is 5.97 Å². The number of rotatable bonds is 1. The number of nitrogens with zero attached hydrogens (tertiary/aromatic N) is 1. The van der Waals surface area contributed by atoms with Crippen molar-refractivity contribution in [1.29, 1.82) is 0 Å². The van der Waals surface area contributed by atoms with Gasteiger partial charge in [0.25, 0.3) is 0 Å². The molecule has 4 heteroatoms. The van der Waals surface area contributed by atoms with E-state index in [0.29, 0.717) is 13.2 Å². The van der Waals surface area contributed by atoms with Crippen molar-refractivity contribution in [2.24, 2.45) is 0 Å². The van der Waals surface area contributed by atoms with E-state index in [1.54, 1.807) is 0 Å². The van der Waals surface area contributed by atoms with Gasteiger partial charge in [0.05, 0.1) is 12.2 Å². The molecule has 2 fully saturated rings. The van der Waals surface area contributed by atoms with Gasteiger partial charge in [0, 0.05) is 13.0 Å². The molecule has 0 aromatic rings. The smallest absolute Gasteiger partial charge is 0.323 e. The van der Waals surface area contributed by atoms with E-state index < -0.39 is 5.60 Å².